The largest absolute Gasteiger partial charge is 0.497 e. The number of anilines is 1. The van der Waals surface area contributed by atoms with Crippen LogP contribution in [0.5, 0.6) is 11.5 Å². The second-order valence-electron chi connectivity index (χ2n) is 15.9. The molecule has 2 amide bonds. The third kappa shape index (κ3) is 11.8. The van der Waals surface area contributed by atoms with Gasteiger partial charge in [0.1, 0.15) is 29.4 Å². The van der Waals surface area contributed by atoms with Crippen LogP contribution >= 0.6 is 8.53 Å². The Kier molecular flexibility index (Phi) is 17.1. The average Bonchev–Trinajstić information content (AvgIpc) is 3.95. The van der Waals surface area contributed by atoms with Crippen molar-refractivity contribution in [3.8, 4) is 28.8 Å². The summed E-state index contributed by atoms with van der Waals surface area (Å²) >= 11 is 0. The smallest absolute Gasteiger partial charge is 0.319 e. The van der Waals surface area contributed by atoms with E-state index in [1.165, 1.54) is 0 Å². The maximum absolute atomic E-state index is 12.5. The first kappa shape index (κ1) is 47.2. The standard InChI is InChI=1S/C49H61N6O7P/c1-8-9-28-51-48(56)53-41-18-13-15-37(30-41)44-32-54(34-52-44)47-31-45(62-63(60-29-14-27-50)55(35(2)3)36(4)5)46(61-47)33-59-49(38-16-11-10-12-17-38,39-19-23-42(57-6)24-20-39)40-21-25-43(58-7)26-22-40/h10-13,15-26,30,32,34-36,45-47H,8-9,14,28-29,31,33H2,1-7H3,(H2,51,53,56)/t45-,46+,47-,63?/m0/s1. The van der Waals surface area contributed by atoms with Gasteiger partial charge in [0.25, 0.3) is 8.53 Å². The Bertz CT molecular complexity index is 2160. The van der Waals surface area contributed by atoms with Gasteiger partial charge < -0.3 is 43.2 Å². The molecule has 0 spiro atoms. The molecule has 1 aliphatic heterocycles. The molecule has 5 aromatic rings. The maximum Gasteiger partial charge on any atom is 0.319 e. The van der Waals surface area contributed by atoms with E-state index in [4.69, 9.17) is 33.0 Å². The zero-order valence-electron chi connectivity index (χ0n) is 37.4. The molecule has 0 aliphatic carbocycles. The van der Waals surface area contributed by atoms with E-state index in [9.17, 15) is 10.1 Å². The number of imidazole rings is 1. The molecule has 1 aliphatic rings. The Balaban J connectivity index is 1.36. The van der Waals surface area contributed by atoms with Gasteiger partial charge in [-0.3, -0.25) is 0 Å². The highest BCUT2D eigenvalue weighted by molar-refractivity contribution is 7.44. The number of benzene rings is 4. The number of amides is 2. The number of carbonyl (C=O) groups excluding carboxylic acids is 1. The number of hydrogen-bond acceptors (Lipinski definition) is 10. The van der Waals surface area contributed by atoms with Crippen LogP contribution in [0, 0.1) is 11.3 Å². The number of unbranched alkanes of at least 4 members (excludes halogenated alkanes) is 1. The number of ether oxygens (including phenoxy) is 4. The Morgan fingerprint density at radius 2 is 1.59 bits per heavy atom. The second-order valence-corrected chi connectivity index (χ2v) is 17.3. The summed E-state index contributed by atoms with van der Waals surface area (Å²) in [6, 6.07) is 35.8. The zero-order chi connectivity index (χ0) is 44.8. The summed E-state index contributed by atoms with van der Waals surface area (Å²) < 4.78 is 43.2. The molecule has 14 heteroatoms. The topological polar surface area (TPSA) is 141 Å². The van der Waals surface area contributed by atoms with Crippen molar-refractivity contribution in [3.63, 3.8) is 0 Å². The van der Waals surface area contributed by atoms with E-state index in [2.05, 4.69) is 68.1 Å². The van der Waals surface area contributed by atoms with Crippen molar-refractivity contribution in [1.82, 2.24) is 19.5 Å². The van der Waals surface area contributed by atoms with Crippen molar-refractivity contribution in [2.75, 3.05) is 39.3 Å². The normalized spacial score (nSPS) is 16.9. The molecule has 1 aromatic heterocycles. The predicted octanol–water partition coefficient (Wildman–Crippen LogP) is 10.4. The molecule has 2 N–H and O–H groups in total. The quantitative estimate of drug-likeness (QED) is 0.0392. The molecule has 6 rings (SSSR count). The van der Waals surface area contributed by atoms with Crippen molar-refractivity contribution in [2.45, 2.75) is 96.4 Å². The minimum Gasteiger partial charge on any atom is -0.497 e. The van der Waals surface area contributed by atoms with Gasteiger partial charge in [-0.2, -0.15) is 5.26 Å². The minimum atomic E-state index is -1.61. The first-order valence-electron chi connectivity index (χ1n) is 21.7. The number of rotatable bonds is 22. The summed E-state index contributed by atoms with van der Waals surface area (Å²) in [7, 11) is 1.69. The molecule has 63 heavy (non-hydrogen) atoms. The van der Waals surface area contributed by atoms with Crippen LogP contribution in [-0.2, 0) is 24.1 Å². The average molecular weight is 877 g/mol. The monoisotopic (exact) mass is 876 g/mol. The van der Waals surface area contributed by atoms with Crippen molar-refractivity contribution in [3.05, 3.63) is 132 Å². The minimum absolute atomic E-state index is 0.103. The van der Waals surface area contributed by atoms with Crippen LogP contribution in [0.25, 0.3) is 11.3 Å². The highest BCUT2D eigenvalue weighted by atomic mass is 31.2. The van der Waals surface area contributed by atoms with Gasteiger partial charge in [0.05, 0.1) is 58.0 Å². The summed E-state index contributed by atoms with van der Waals surface area (Å²) in [5, 5.41) is 15.3. The molecule has 0 saturated carbocycles. The van der Waals surface area contributed by atoms with Crippen molar-refractivity contribution in [1.29, 1.82) is 5.26 Å². The lowest BCUT2D eigenvalue weighted by atomic mass is 9.80. The van der Waals surface area contributed by atoms with Crippen LogP contribution in [0.15, 0.2) is 116 Å². The Morgan fingerprint density at radius 1 is 0.937 bits per heavy atom. The van der Waals surface area contributed by atoms with E-state index in [0.717, 1.165) is 52.3 Å². The van der Waals surface area contributed by atoms with Crippen molar-refractivity contribution >= 4 is 20.2 Å². The van der Waals surface area contributed by atoms with E-state index >= 15 is 0 Å². The predicted molar refractivity (Wildman–Crippen MR) is 246 cm³/mol. The molecule has 0 radical (unpaired) electrons. The zero-order valence-corrected chi connectivity index (χ0v) is 38.3. The van der Waals surface area contributed by atoms with E-state index < -0.39 is 32.6 Å². The van der Waals surface area contributed by atoms with Crippen molar-refractivity contribution in [2.24, 2.45) is 0 Å². The van der Waals surface area contributed by atoms with Crippen molar-refractivity contribution < 1.29 is 32.8 Å². The molecule has 13 nitrogen and oxygen atoms in total. The first-order chi connectivity index (χ1) is 30.6. The van der Waals surface area contributed by atoms with Gasteiger partial charge in [-0.15, -0.1) is 0 Å². The molecule has 1 unspecified atom stereocenters. The maximum atomic E-state index is 12.5. The SMILES string of the molecule is CCCCNC(=O)Nc1cccc(-c2cn([C@@H]3C[C@H](OP(OCCC#N)N(C(C)C)C(C)C)[C@@H](COC(c4ccccc4)(c4ccc(OC)cc4)c4ccc(OC)cc4)O3)cn2)c1. The molecule has 4 aromatic carbocycles. The molecule has 4 atom stereocenters. The number of carbonyl (C=O) groups is 1. The van der Waals surface area contributed by atoms with Crippen LogP contribution < -0.4 is 20.1 Å². The van der Waals surface area contributed by atoms with E-state index in [1.807, 2.05) is 102 Å². The summed E-state index contributed by atoms with van der Waals surface area (Å²) in [4.78, 5) is 17.3. The van der Waals surface area contributed by atoms with Gasteiger partial charge in [-0.1, -0.05) is 80.1 Å². The second kappa shape index (κ2) is 22.9. The van der Waals surface area contributed by atoms with Crippen LogP contribution in [0.1, 0.15) is 83.2 Å². The molecular weight excluding hydrogens is 816 g/mol. The number of nitriles is 1. The van der Waals surface area contributed by atoms with Crippen LogP contribution in [-0.4, -0.2) is 78.5 Å². The third-order valence-corrected chi connectivity index (χ3v) is 13.0. The highest BCUT2D eigenvalue weighted by Crippen LogP contribution is 2.51. The molecular formula is C49H61N6O7P. The van der Waals surface area contributed by atoms with Crippen LogP contribution in [0.4, 0.5) is 10.5 Å². The Morgan fingerprint density at radius 3 is 2.19 bits per heavy atom. The van der Waals surface area contributed by atoms with Crippen LogP contribution in [0.3, 0.4) is 0 Å². The van der Waals surface area contributed by atoms with Gasteiger partial charge in [-0.25, -0.2) is 14.4 Å². The molecule has 0 bridgehead atoms. The number of nitrogens with zero attached hydrogens (tertiary/aromatic N) is 4. The fourth-order valence-corrected chi connectivity index (χ4v) is 9.55. The van der Waals surface area contributed by atoms with Gasteiger partial charge in [0.2, 0.25) is 0 Å². The van der Waals surface area contributed by atoms with Crippen LogP contribution in [0.2, 0.25) is 0 Å². The fourth-order valence-electron chi connectivity index (χ4n) is 7.79. The fraction of sp³-hybridized carbons (Fsp3) is 0.408. The summed E-state index contributed by atoms with van der Waals surface area (Å²) in [5.41, 5.74) is 3.87. The van der Waals surface area contributed by atoms with E-state index in [0.29, 0.717) is 18.7 Å². The Labute approximate surface area is 373 Å². The number of urea groups is 1. The molecule has 334 valence electrons. The number of aromatic nitrogens is 2. The van der Waals surface area contributed by atoms with E-state index in [-0.39, 0.29) is 37.7 Å². The lowest BCUT2D eigenvalue weighted by Gasteiger charge is -2.39. The number of nitrogens with one attached hydrogen (secondary N) is 2. The Hall–Kier alpha value is -5.32. The number of methoxy groups -OCH3 is 2. The van der Waals surface area contributed by atoms with Gasteiger partial charge in [0.15, 0.2) is 0 Å². The lowest BCUT2D eigenvalue weighted by molar-refractivity contribution is -0.0918. The summed E-state index contributed by atoms with van der Waals surface area (Å²) in [6.07, 6.45) is 4.83. The lowest BCUT2D eigenvalue weighted by Crippen LogP contribution is -2.39. The van der Waals surface area contributed by atoms with Gasteiger partial charge >= 0.3 is 6.03 Å². The van der Waals surface area contributed by atoms with Gasteiger partial charge in [-0.05, 0) is 87.2 Å². The third-order valence-electron chi connectivity index (χ3n) is 10.9. The van der Waals surface area contributed by atoms with E-state index in [1.54, 1.807) is 20.5 Å². The molecule has 1 fully saturated rings. The summed E-state index contributed by atoms with van der Waals surface area (Å²) in [6.45, 7) is 11.6. The summed E-state index contributed by atoms with van der Waals surface area (Å²) in [5.74, 6) is 1.46. The molecule has 1 saturated heterocycles. The van der Waals surface area contributed by atoms with Gasteiger partial charge in [0, 0.05) is 42.5 Å². The first-order valence-corrected chi connectivity index (χ1v) is 22.8. The highest BCUT2D eigenvalue weighted by Gasteiger charge is 2.45. The number of hydrogen-bond donors (Lipinski definition) is 2. The molecule has 2 heterocycles.